The molecule has 0 fully saturated rings. The maximum atomic E-state index is 10.7. The van der Waals surface area contributed by atoms with Crippen LogP contribution in [0.4, 0.5) is 0 Å². The molecule has 1 aliphatic rings. The summed E-state index contributed by atoms with van der Waals surface area (Å²) in [6.45, 7) is 0. The molecule has 0 radical (unpaired) electrons. The largest absolute Gasteiger partial charge is 0.290 e. The first-order valence-electron chi connectivity index (χ1n) is 3.45. The molecule has 0 atom stereocenters. The van der Waals surface area contributed by atoms with Gasteiger partial charge in [-0.05, 0) is 12.1 Å². The fourth-order valence-electron chi connectivity index (χ4n) is 0.917. The summed E-state index contributed by atoms with van der Waals surface area (Å²) in [6.07, 6.45) is 3.01. The number of rotatable bonds is 1. The van der Waals surface area contributed by atoms with E-state index < -0.39 is 0 Å². The number of carbonyl (C=O) groups is 1. The fraction of sp³-hybridized carbons (Fsp3) is 0. The molecule has 0 saturated carbocycles. The molecule has 4 nitrogen and oxygen atoms in total. The van der Waals surface area contributed by atoms with Gasteiger partial charge in [-0.1, -0.05) is 6.07 Å². The highest BCUT2D eigenvalue weighted by atomic mass is 16.1. The van der Waals surface area contributed by atoms with E-state index >= 15 is 0 Å². The Morgan fingerprint density at radius 1 is 1.17 bits per heavy atom. The molecule has 1 aliphatic heterocycles. The predicted molar refractivity (Wildman–Crippen MR) is 42.1 cm³/mol. The van der Waals surface area contributed by atoms with Gasteiger partial charge in [-0.2, -0.15) is 0 Å². The van der Waals surface area contributed by atoms with Crippen molar-refractivity contribution in [2.45, 2.75) is 0 Å². The number of hydrogen-bond donors (Lipinski definition) is 0. The second kappa shape index (κ2) is 2.65. The van der Waals surface area contributed by atoms with E-state index in [2.05, 4.69) is 15.2 Å². The van der Waals surface area contributed by atoms with Crippen molar-refractivity contribution in [3.05, 3.63) is 36.2 Å². The van der Waals surface area contributed by atoms with Crippen LogP contribution < -0.4 is 0 Å². The predicted octanol–water partition coefficient (Wildman–Crippen LogP) is 1.41. The quantitative estimate of drug-likeness (QED) is 0.622. The Hall–Kier alpha value is -1.84. The maximum absolute atomic E-state index is 10.7. The Balaban J connectivity index is 2.40. The number of amides is 1. The average Bonchev–Trinajstić information content (AvgIpc) is 2.54. The lowest BCUT2D eigenvalue weighted by molar-refractivity contribution is -0.113. The van der Waals surface area contributed by atoms with E-state index in [4.69, 9.17) is 0 Å². The van der Waals surface area contributed by atoms with E-state index in [1.54, 1.807) is 18.3 Å². The smallest absolute Gasteiger partial charge is 0.266 e. The van der Waals surface area contributed by atoms with Gasteiger partial charge in [-0.3, -0.25) is 9.78 Å². The second-order valence-corrected chi connectivity index (χ2v) is 2.28. The number of pyridine rings is 1. The van der Waals surface area contributed by atoms with Crippen LogP contribution in [0.1, 0.15) is 5.69 Å². The molecule has 58 valence electrons. The zero-order chi connectivity index (χ0) is 8.39. The minimum absolute atomic E-state index is 0.323. The molecule has 2 rings (SSSR count). The highest BCUT2D eigenvalue weighted by Gasteiger charge is 2.10. The van der Waals surface area contributed by atoms with Crippen molar-refractivity contribution in [3.8, 4) is 0 Å². The molecule has 0 saturated heterocycles. The summed E-state index contributed by atoms with van der Waals surface area (Å²) in [5, 5.41) is 7.01. The molecule has 0 spiro atoms. The van der Waals surface area contributed by atoms with Crippen molar-refractivity contribution in [2.75, 3.05) is 0 Å². The molecule has 12 heavy (non-hydrogen) atoms. The molecular formula is C8H5N3O. The summed E-state index contributed by atoms with van der Waals surface area (Å²) in [5.74, 6) is -0.323. The summed E-state index contributed by atoms with van der Waals surface area (Å²) >= 11 is 0. The minimum atomic E-state index is -0.323. The van der Waals surface area contributed by atoms with Gasteiger partial charge in [0.25, 0.3) is 5.91 Å². The SMILES string of the molecule is O=C1C=C(c2ccccn2)N=N1. The second-order valence-electron chi connectivity index (χ2n) is 2.28. The van der Waals surface area contributed by atoms with Gasteiger partial charge in [0, 0.05) is 12.3 Å². The Kier molecular flexibility index (Phi) is 1.51. The van der Waals surface area contributed by atoms with Crippen LogP contribution in [0.2, 0.25) is 0 Å². The molecule has 4 heteroatoms. The van der Waals surface area contributed by atoms with E-state index in [1.165, 1.54) is 6.08 Å². The molecule has 2 heterocycles. The number of nitrogens with zero attached hydrogens (tertiary/aromatic N) is 3. The Bertz CT molecular complexity index is 367. The van der Waals surface area contributed by atoms with Crippen LogP contribution in [-0.4, -0.2) is 10.9 Å². The molecule has 1 amide bonds. The van der Waals surface area contributed by atoms with Crippen molar-refractivity contribution in [2.24, 2.45) is 10.2 Å². The third-order valence-electron chi connectivity index (χ3n) is 1.44. The van der Waals surface area contributed by atoms with Gasteiger partial charge in [0.1, 0.15) is 5.70 Å². The lowest BCUT2D eigenvalue weighted by atomic mass is 10.3. The van der Waals surface area contributed by atoms with Crippen molar-refractivity contribution in [1.82, 2.24) is 4.98 Å². The van der Waals surface area contributed by atoms with Crippen LogP contribution in [0, 0.1) is 0 Å². The van der Waals surface area contributed by atoms with Gasteiger partial charge >= 0.3 is 0 Å². The third-order valence-corrected chi connectivity index (χ3v) is 1.44. The van der Waals surface area contributed by atoms with Gasteiger partial charge in [-0.15, -0.1) is 10.2 Å². The Morgan fingerprint density at radius 3 is 2.67 bits per heavy atom. The van der Waals surface area contributed by atoms with Gasteiger partial charge in [0.15, 0.2) is 0 Å². The average molecular weight is 159 g/mol. The Morgan fingerprint density at radius 2 is 2.08 bits per heavy atom. The van der Waals surface area contributed by atoms with Crippen LogP contribution in [0.15, 0.2) is 40.7 Å². The summed E-state index contributed by atoms with van der Waals surface area (Å²) < 4.78 is 0. The highest BCUT2D eigenvalue weighted by Crippen LogP contribution is 2.17. The van der Waals surface area contributed by atoms with Crippen molar-refractivity contribution < 1.29 is 4.79 Å². The van der Waals surface area contributed by atoms with Crippen molar-refractivity contribution >= 4 is 11.6 Å². The molecule has 1 aromatic heterocycles. The van der Waals surface area contributed by atoms with Crippen LogP contribution in [0.5, 0.6) is 0 Å². The Labute approximate surface area is 68.7 Å². The van der Waals surface area contributed by atoms with Crippen LogP contribution in [0.25, 0.3) is 5.70 Å². The van der Waals surface area contributed by atoms with Crippen LogP contribution in [-0.2, 0) is 4.79 Å². The molecule has 1 aromatic rings. The molecule has 0 unspecified atom stereocenters. The number of aromatic nitrogens is 1. The molecule has 0 aromatic carbocycles. The summed E-state index contributed by atoms with van der Waals surface area (Å²) in [6, 6.07) is 5.42. The third kappa shape index (κ3) is 1.14. The van der Waals surface area contributed by atoms with Crippen LogP contribution in [0.3, 0.4) is 0 Å². The molecular weight excluding hydrogens is 154 g/mol. The number of carbonyl (C=O) groups excluding carboxylic acids is 1. The normalized spacial score (nSPS) is 15.0. The van der Waals surface area contributed by atoms with Gasteiger partial charge in [0.2, 0.25) is 0 Å². The van der Waals surface area contributed by atoms with E-state index in [1.807, 2.05) is 6.07 Å². The molecule has 0 N–H and O–H groups in total. The molecule has 0 bridgehead atoms. The maximum Gasteiger partial charge on any atom is 0.290 e. The van der Waals surface area contributed by atoms with Gasteiger partial charge < -0.3 is 0 Å². The monoisotopic (exact) mass is 159 g/mol. The fourth-order valence-corrected chi connectivity index (χ4v) is 0.917. The number of azo groups is 1. The van der Waals surface area contributed by atoms with E-state index in [0.29, 0.717) is 11.4 Å². The summed E-state index contributed by atoms with van der Waals surface area (Å²) in [4.78, 5) is 14.7. The van der Waals surface area contributed by atoms with Crippen molar-refractivity contribution in [1.29, 1.82) is 0 Å². The van der Waals surface area contributed by atoms with Crippen molar-refractivity contribution in [3.63, 3.8) is 0 Å². The highest BCUT2D eigenvalue weighted by molar-refractivity contribution is 5.97. The standard InChI is InChI=1S/C8H5N3O/c12-8-5-7(10-11-8)6-3-1-2-4-9-6/h1-5H. The topological polar surface area (TPSA) is 54.7 Å². The van der Waals surface area contributed by atoms with Gasteiger partial charge in [-0.25, -0.2) is 0 Å². The molecule has 0 aliphatic carbocycles. The first-order chi connectivity index (χ1) is 5.86. The summed E-state index contributed by atoms with van der Waals surface area (Å²) in [5.41, 5.74) is 1.20. The minimum Gasteiger partial charge on any atom is -0.266 e. The van der Waals surface area contributed by atoms with E-state index in [-0.39, 0.29) is 5.91 Å². The van der Waals surface area contributed by atoms with E-state index in [0.717, 1.165) is 0 Å². The first-order valence-corrected chi connectivity index (χ1v) is 3.45. The van der Waals surface area contributed by atoms with Gasteiger partial charge in [0.05, 0.1) is 5.69 Å². The van der Waals surface area contributed by atoms with E-state index in [9.17, 15) is 4.79 Å². The lowest BCUT2D eigenvalue weighted by Crippen LogP contribution is -1.83. The zero-order valence-corrected chi connectivity index (χ0v) is 6.14. The van der Waals surface area contributed by atoms with Crippen LogP contribution >= 0.6 is 0 Å². The lowest BCUT2D eigenvalue weighted by Gasteiger charge is -1.92. The zero-order valence-electron chi connectivity index (χ0n) is 6.14. The number of hydrogen-bond acceptors (Lipinski definition) is 3. The summed E-state index contributed by atoms with van der Waals surface area (Å²) in [7, 11) is 0. The first kappa shape index (κ1) is 6.84.